The molecule has 2 N–H and O–H groups in total. The van der Waals surface area contributed by atoms with E-state index in [1.165, 1.54) is 12.1 Å². The molecule has 2 aromatic heterocycles. The van der Waals surface area contributed by atoms with Gasteiger partial charge in [-0.1, -0.05) is 5.16 Å². The number of ether oxygens (including phenoxy) is 1. The second-order valence-electron chi connectivity index (χ2n) is 7.79. The van der Waals surface area contributed by atoms with E-state index in [0.29, 0.717) is 54.2 Å². The van der Waals surface area contributed by atoms with Gasteiger partial charge in [0.1, 0.15) is 24.3 Å². The lowest BCUT2D eigenvalue weighted by molar-refractivity contribution is -0.133. The zero-order valence-corrected chi connectivity index (χ0v) is 16.0. The van der Waals surface area contributed by atoms with Crippen molar-refractivity contribution in [1.82, 2.24) is 25.0 Å². The molecule has 0 spiro atoms. The molecule has 3 aromatic rings. The fourth-order valence-electron chi connectivity index (χ4n) is 4.03. The highest BCUT2D eigenvalue weighted by Gasteiger charge is 2.39. The summed E-state index contributed by atoms with van der Waals surface area (Å²) in [4.78, 5) is 22.4. The summed E-state index contributed by atoms with van der Waals surface area (Å²) in [5.74, 6) is 0.723. The van der Waals surface area contributed by atoms with Crippen molar-refractivity contribution >= 4 is 11.5 Å². The number of ketones is 1. The number of hydrogen-bond donors (Lipinski definition) is 2. The number of nitrogens with one attached hydrogen (secondary N) is 2. The van der Waals surface area contributed by atoms with Crippen molar-refractivity contribution in [2.75, 3.05) is 25.0 Å². The van der Waals surface area contributed by atoms with Gasteiger partial charge in [0.15, 0.2) is 17.3 Å². The summed E-state index contributed by atoms with van der Waals surface area (Å²) in [5.41, 5.74) is 2.23. The van der Waals surface area contributed by atoms with E-state index in [-0.39, 0.29) is 11.7 Å². The zero-order valence-electron chi connectivity index (χ0n) is 16.0. The van der Waals surface area contributed by atoms with Gasteiger partial charge < -0.3 is 19.9 Å². The summed E-state index contributed by atoms with van der Waals surface area (Å²) in [6, 6.07) is 3.60. The molecule has 6 rings (SSSR count). The predicted molar refractivity (Wildman–Crippen MR) is 103 cm³/mol. The zero-order chi connectivity index (χ0) is 20.2. The first kappa shape index (κ1) is 17.7. The van der Waals surface area contributed by atoms with E-state index in [1.807, 2.05) is 0 Å². The minimum Gasteiger partial charge on any atom is -0.369 e. The van der Waals surface area contributed by atoms with E-state index in [9.17, 15) is 9.18 Å². The van der Waals surface area contributed by atoms with Crippen LogP contribution in [0.15, 0.2) is 29.0 Å². The molecule has 1 aliphatic carbocycles. The maximum atomic E-state index is 13.9. The van der Waals surface area contributed by atoms with Crippen molar-refractivity contribution in [3.63, 3.8) is 0 Å². The quantitative estimate of drug-likeness (QED) is 0.672. The third-order valence-electron chi connectivity index (χ3n) is 5.71. The second-order valence-corrected chi connectivity index (χ2v) is 7.79. The fourth-order valence-corrected chi connectivity index (χ4v) is 4.03. The molecule has 2 unspecified atom stereocenters. The molecule has 0 amide bonds. The highest BCUT2D eigenvalue weighted by molar-refractivity contribution is 5.94. The molecular weight excluding hydrogens is 391 g/mol. The number of aromatic nitrogens is 4. The van der Waals surface area contributed by atoms with E-state index in [4.69, 9.17) is 9.26 Å². The molecule has 0 radical (unpaired) electrons. The number of halogens is 1. The summed E-state index contributed by atoms with van der Waals surface area (Å²) >= 11 is 0. The summed E-state index contributed by atoms with van der Waals surface area (Å²) < 4.78 is 26.8. The van der Waals surface area contributed by atoms with Crippen LogP contribution in [0.4, 0.5) is 10.1 Å². The Morgan fingerprint density at radius 3 is 3.00 bits per heavy atom. The third kappa shape index (κ3) is 2.83. The predicted octanol–water partition coefficient (Wildman–Crippen LogP) is 1.96. The molecular formula is C20H19FN6O3. The van der Waals surface area contributed by atoms with Crippen molar-refractivity contribution in [2.24, 2.45) is 0 Å². The molecule has 1 aromatic carbocycles. The Morgan fingerprint density at radius 1 is 1.30 bits per heavy atom. The minimum absolute atomic E-state index is 0.165. The Kier molecular flexibility index (Phi) is 3.96. The number of nitrogens with zero attached hydrogens (tertiary/aromatic N) is 4. The van der Waals surface area contributed by atoms with Crippen molar-refractivity contribution in [3.05, 3.63) is 41.9 Å². The number of fused-ring (bicyclic) bond motifs is 3. The van der Waals surface area contributed by atoms with Crippen molar-refractivity contribution in [2.45, 2.75) is 30.9 Å². The van der Waals surface area contributed by atoms with Crippen LogP contribution in [0.1, 0.15) is 36.3 Å². The van der Waals surface area contributed by atoms with Crippen LogP contribution < -0.4 is 10.6 Å². The third-order valence-corrected chi connectivity index (χ3v) is 5.71. The van der Waals surface area contributed by atoms with E-state index < -0.39 is 18.0 Å². The van der Waals surface area contributed by atoms with Gasteiger partial charge in [-0.25, -0.2) is 9.37 Å². The Labute approximate surface area is 170 Å². The number of carbonyl (C=O) groups excluding carboxylic acids is 1. The first-order valence-electron chi connectivity index (χ1n) is 10.0. The first-order chi connectivity index (χ1) is 14.7. The average molecular weight is 410 g/mol. The van der Waals surface area contributed by atoms with Crippen LogP contribution in [-0.2, 0) is 9.53 Å². The summed E-state index contributed by atoms with van der Waals surface area (Å²) in [6.45, 7) is 1.57. The number of rotatable bonds is 4. The van der Waals surface area contributed by atoms with Gasteiger partial charge >= 0.3 is 0 Å². The van der Waals surface area contributed by atoms with Gasteiger partial charge in [-0.3, -0.25) is 9.36 Å². The molecule has 1 saturated heterocycles. The SMILES string of the molecule is O=C(C1CNCCO1)C1Nc2cc(F)ccc2-n2cnc(-c3nc(C4CC4)no3)c21. The number of carbonyl (C=O) groups is 1. The number of morpholine rings is 1. The van der Waals surface area contributed by atoms with Crippen LogP contribution in [0, 0.1) is 5.82 Å². The number of hydrogen-bond acceptors (Lipinski definition) is 8. The minimum atomic E-state index is -0.794. The normalized spacial score (nSPS) is 22.8. The lowest BCUT2D eigenvalue weighted by atomic mass is 9.98. The molecule has 10 heteroatoms. The van der Waals surface area contributed by atoms with Gasteiger partial charge in [0.2, 0.25) is 0 Å². The van der Waals surface area contributed by atoms with Crippen molar-refractivity contribution in [1.29, 1.82) is 0 Å². The number of imidazole rings is 1. The van der Waals surface area contributed by atoms with Gasteiger partial charge in [0.25, 0.3) is 5.89 Å². The topological polar surface area (TPSA) is 107 Å². The molecule has 2 fully saturated rings. The van der Waals surface area contributed by atoms with Gasteiger partial charge in [0, 0.05) is 19.0 Å². The molecule has 0 bridgehead atoms. The number of anilines is 1. The Morgan fingerprint density at radius 2 is 2.20 bits per heavy atom. The lowest BCUT2D eigenvalue weighted by Crippen LogP contribution is -2.46. The molecule has 2 aliphatic heterocycles. The van der Waals surface area contributed by atoms with Crippen LogP contribution in [0.3, 0.4) is 0 Å². The van der Waals surface area contributed by atoms with Crippen molar-refractivity contribution in [3.8, 4) is 17.3 Å². The molecule has 4 heterocycles. The summed E-state index contributed by atoms with van der Waals surface area (Å²) in [5, 5.41) is 10.4. The van der Waals surface area contributed by atoms with E-state index in [0.717, 1.165) is 12.8 Å². The molecule has 1 saturated carbocycles. The monoisotopic (exact) mass is 410 g/mol. The maximum Gasteiger partial charge on any atom is 0.278 e. The fraction of sp³-hybridized carbons (Fsp3) is 0.400. The molecule has 30 heavy (non-hydrogen) atoms. The van der Waals surface area contributed by atoms with E-state index >= 15 is 0 Å². The highest BCUT2D eigenvalue weighted by Crippen LogP contribution is 2.41. The largest absolute Gasteiger partial charge is 0.369 e. The van der Waals surface area contributed by atoms with Crippen LogP contribution >= 0.6 is 0 Å². The van der Waals surface area contributed by atoms with Gasteiger partial charge in [-0.2, -0.15) is 4.98 Å². The molecule has 2 atom stereocenters. The number of Topliss-reactive ketones (excluding diaryl/α,β-unsaturated/α-hetero) is 1. The average Bonchev–Trinajstić information content (AvgIpc) is 3.33. The van der Waals surface area contributed by atoms with E-state index in [1.54, 1.807) is 17.0 Å². The Balaban J connectivity index is 1.46. The number of benzene rings is 1. The van der Waals surface area contributed by atoms with E-state index in [2.05, 4.69) is 25.8 Å². The van der Waals surface area contributed by atoms with Gasteiger partial charge in [0.05, 0.1) is 23.7 Å². The molecule has 154 valence electrons. The Bertz CT molecular complexity index is 1130. The smallest absolute Gasteiger partial charge is 0.278 e. The maximum absolute atomic E-state index is 13.9. The van der Waals surface area contributed by atoms with Crippen LogP contribution in [0.2, 0.25) is 0 Å². The second kappa shape index (κ2) is 6.71. The standard InChI is InChI=1S/C20H19FN6O3/c21-11-3-4-13-12(7-11)24-15(18(28)14-8-22-5-6-29-14)17-16(23-9-27(13)17)20-25-19(26-30-20)10-1-2-10/h3-4,7,9-10,14-15,22,24H,1-2,5-6,8H2. The summed E-state index contributed by atoms with van der Waals surface area (Å²) in [6.07, 6.45) is 3.08. The summed E-state index contributed by atoms with van der Waals surface area (Å²) in [7, 11) is 0. The first-order valence-corrected chi connectivity index (χ1v) is 10.0. The van der Waals surface area contributed by atoms with Gasteiger partial charge in [-0.15, -0.1) is 0 Å². The van der Waals surface area contributed by atoms with Crippen molar-refractivity contribution < 1.29 is 18.4 Å². The van der Waals surface area contributed by atoms with Crippen LogP contribution in [0.5, 0.6) is 0 Å². The lowest BCUT2D eigenvalue weighted by Gasteiger charge is -2.32. The highest BCUT2D eigenvalue weighted by atomic mass is 19.1. The Hall–Kier alpha value is -3.11. The van der Waals surface area contributed by atoms with Gasteiger partial charge in [-0.05, 0) is 31.0 Å². The van der Waals surface area contributed by atoms with Crippen LogP contribution in [0.25, 0.3) is 17.3 Å². The molecule has 3 aliphatic rings. The molecule has 9 nitrogen and oxygen atoms in total. The van der Waals surface area contributed by atoms with Crippen LogP contribution in [-0.4, -0.2) is 51.3 Å².